The van der Waals surface area contributed by atoms with Crippen molar-refractivity contribution in [3.8, 4) is 0 Å². The van der Waals surface area contributed by atoms with Gasteiger partial charge >= 0.3 is 16.3 Å². The highest BCUT2D eigenvalue weighted by atomic mass is 35.5. The van der Waals surface area contributed by atoms with Crippen LogP contribution in [0.5, 0.6) is 0 Å². The van der Waals surface area contributed by atoms with E-state index < -0.39 is 27.7 Å². The Balaban J connectivity index is 1.84. The van der Waals surface area contributed by atoms with Crippen molar-refractivity contribution in [2.45, 2.75) is 58.7 Å². The van der Waals surface area contributed by atoms with Gasteiger partial charge in [0.25, 0.3) is 5.91 Å². The number of hydrogen-bond donors (Lipinski definition) is 3. The van der Waals surface area contributed by atoms with Crippen LogP contribution in [0.3, 0.4) is 0 Å². The van der Waals surface area contributed by atoms with E-state index in [0.717, 1.165) is 23.1 Å². The molecule has 1 heterocycles. The number of nitrogens with two attached hydrogens (primary N) is 2. The minimum Gasteiger partial charge on any atom is -0.320 e. The van der Waals surface area contributed by atoms with Gasteiger partial charge in [0.1, 0.15) is 0 Å². The summed E-state index contributed by atoms with van der Waals surface area (Å²) in [5.74, 6) is -0.471. The van der Waals surface area contributed by atoms with E-state index in [4.69, 9.17) is 26.7 Å². The first-order valence-corrected chi connectivity index (χ1v) is 14.9. The quantitative estimate of drug-likeness (QED) is 0.285. The van der Waals surface area contributed by atoms with Crippen LogP contribution < -0.4 is 16.3 Å². The molecule has 40 heavy (non-hydrogen) atoms. The topological polar surface area (TPSA) is 148 Å². The Labute approximate surface area is 241 Å². The summed E-state index contributed by atoms with van der Waals surface area (Å²) < 4.78 is 28.1. The van der Waals surface area contributed by atoms with Crippen LogP contribution in [0.1, 0.15) is 43.4 Å². The van der Waals surface area contributed by atoms with Crippen molar-refractivity contribution in [3.05, 3.63) is 82.4 Å². The molecule has 1 aliphatic rings. The van der Waals surface area contributed by atoms with Crippen LogP contribution in [0.2, 0.25) is 5.02 Å². The van der Waals surface area contributed by atoms with Crippen LogP contribution in [-0.2, 0) is 32.2 Å². The Morgan fingerprint density at radius 2 is 1.95 bits per heavy atom. The molecule has 1 aliphatic heterocycles. The molecule has 1 fully saturated rings. The van der Waals surface area contributed by atoms with Crippen molar-refractivity contribution in [1.82, 2.24) is 15.3 Å². The summed E-state index contributed by atoms with van der Waals surface area (Å²) in [6, 6.07) is 13.5. The predicted molar refractivity (Wildman–Crippen MR) is 155 cm³/mol. The number of rotatable bonds is 10. The summed E-state index contributed by atoms with van der Waals surface area (Å²) in [7, 11) is -4.16. The van der Waals surface area contributed by atoms with Gasteiger partial charge in [0, 0.05) is 17.0 Å². The zero-order valence-corrected chi connectivity index (χ0v) is 24.6. The summed E-state index contributed by atoms with van der Waals surface area (Å²) in [4.78, 5) is 27.9. The second-order valence-corrected chi connectivity index (χ2v) is 12.3. The number of halogens is 1. The van der Waals surface area contributed by atoms with Gasteiger partial charge < -0.3 is 10.6 Å². The summed E-state index contributed by atoms with van der Waals surface area (Å²) in [5, 5.41) is 6.96. The molecule has 0 saturated carbocycles. The molecule has 0 unspecified atom stereocenters. The molecule has 1 saturated heterocycles. The number of likely N-dealkylation sites (tertiary alicyclic amines) is 1. The fourth-order valence-electron chi connectivity index (χ4n) is 4.48. The number of carbonyl (C=O) groups is 2. The number of hydrogen-bond acceptors (Lipinski definition) is 6. The Kier molecular flexibility index (Phi) is 10.7. The fraction of sp³-hybridized carbons (Fsp3) is 0.429. The lowest BCUT2D eigenvalue weighted by atomic mass is 9.83. The van der Waals surface area contributed by atoms with Gasteiger partial charge in [-0.25, -0.2) is 14.9 Å². The Morgan fingerprint density at radius 1 is 1.25 bits per heavy atom. The molecule has 0 aromatic heterocycles. The van der Waals surface area contributed by atoms with Crippen LogP contribution in [0.4, 0.5) is 4.79 Å². The molecule has 12 heteroatoms. The molecule has 5 N–H and O–H groups in total. The molecule has 3 rings (SSSR count). The maximum atomic E-state index is 13.7. The summed E-state index contributed by atoms with van der Waals surface area (Å²) in [6.07, 6.45) is 5.63. The first-order valence-electron chi connectivity index (χ1n) is 13.1. The predicted octanol–water partition coefficient (Wildman–Crippen LogP) is 3.44. The number of nitrogens with one attached hydrogen (secondary N) is 1. The van der Waals surface area contributed by atoms with Crippen molar-refractivity contribution in [2.75, 3.05) is 13.2 Å². The standard InChI is InChI=1S/C28H38ClN5O5S/c1-20-9-11-22(12-10-20)18-34(32-26(35)21(2)30)27(36)33-15-5-8-25(33)13-14-28(3,19-39-40(31,37)38)17-23-6-4-7-24(29)16-23/h4,6-7,9-14,16,21,25H,5,8,15,17-19,30H2,1-3H3,(H,32,35)(H2,31,37,38)/b14-13+/t21-,25-,28-/m0/s1. The maximum Gasteiger partial charge on any atom is 0.339 e. The van der Waals surface area contributed by atoms with E-state index in [9.17, 15) is 18.0 Å². The van der Waals surface area contributed by atoms with E-state index in [1.807, 2.05) is 62.4 Å². The summed E-state index contributed by atoms with van der Waals surface area (Å²) in [6.45, 7) is 5.84. The van der Waals surface area contributed by atoms with Crippen LogP contribution in [0, 0.1) is 12.3 Å². The minimum absolute atomic E-state index is 0.166. The molecule has 0 aliphatic carbocycles. The van der Waals surface area contributed by atoms with E-state index in [1.54, 1.807) is 24.0 Å². The molecule has 3 amide bonds. The van der Waals surface area contributed by atoms with Gasteiger partial charge in [-0.1, -0.05) is 72.6 Å². The molecule has 10 nitrogen and oxygen atoms in total. The van der Waals surface area contributed by atoms with E-state index in [-0.39, 0.29) is 25.2 Å². The van der Waals surface area contributed by atoms with Gasteiger partial charge in [0.05, 0.1) is 25.2 Å². The highest BCUT2D eigenvalue weighted by molar-refractivity contribution is 7.84. The Hall–Kier alpha value is -2.96. The average molecular weight is 592 g/mol. The third-order valence-electron chi connectivity index (χ3n) is 6.67. The second-order valence-electron chi connectivity index (χ2n) is 10.6. The first kappa shape index (κ1) is 31.6. The summed E-state index contributed by atoms with van der Waals surface area (Å²) in [5.41, 5.74) is 10.5. The second kappa shape index (κ2) is 13.6. The lowest BCUT2D eigenvalue weighted by Gasteiger charge is -2.32. The normalized spacial score (nSPS) is 17.9. The van der Waals surface area contributed by atoms with Gasteiger partial charge in [0.15, 0.2) is 0 Å². The van der Waals surface area contributed by atoms with Crippen LogP contribution in [0.25, 0.3) is 0 Å². The molecule has 0 bridgehead atoms. The highest BCUT2D eigenvalue weighted by Crippen LogP contribution is 2.29. The Morgan fingerprint density at radius 3 is 2.58 bits per heavy atom. The third kappa shape index (κ3) is 9.60. The lowest BCUT2D eigenvalue weighted by molar-refractivity contribution is -0.126. The van der Waals surface area contributed by atoms with Gasteiger partial charge in [0.2, 0.25) is 0 Å². The highest BCUT2D eigenvalue weighted by Gasteiger charge is 2.33. The summed E-state index contributed by atoms with van der Waals surface area (Å²) >= 11 is 6.16. The maximum absolute atomic E-state index is 13.7. The minimum atomic E-state index is -4.16. The van der Waals surface area contributed by atoms with Crippen LogP contribution in [0.15, 0.2) is 60.7 Å². The number of aryl methyl sites for hydroxylation is 1. The smallest absolute Gasteiger partial charge is 0.320 e. The molecular weight excluding hydrogens is 554 g/mol. The Bertz CT molecular complexity index is 1320. The lowest BCUT2D eigenvalue weighted by Crippen LogP contribution is -2.55. The van der Waals surface area contributed by atoms with E-state index in [2.05, 4.69) is 5.43 Å². The zero-order valence-electron chi connectivity index (χ0n) is 23.0. The average Bonchev–Trinajstić information content (AvgIpc) is 3.35. The van der Waals surface area contributed by atoms with Gasteiger partial charge in [-0.15, -0.1) is 0 Å². The van der Waals surface area contributed by atoms with Crippen molar-refractivity contribution in [1.29, 1.82) is 0 Å². The molecule has 2 aromatic carbocycles. The molecule has 218 valence electrons. The van der Waals surface area contributed by atoms with Gasteiger partial charge in [-0.2, -0.15) is 8.42 Å². The monoisotopic (exact) mass is 591 g/mol. The number of carbonyl (C=O) groups excluding carboxylic acids is 2. The number of urea groups is 1. The van der Waals surface area contributed by atoms with E-state index >= 15 is 0 Å². The van der Waals surface area contributed by atoms with Gasteiger partial charge in [-0.05, 0) is 56.4 Å². The first-order chi connectivity index (χ1) is 18.7. The number of benzene rings is 2. The SMILES string of the molecule is Cc1ccc(CN(NC(=O)[C@H](C)N)C(=O)N2CCC[C@H]2/C=C/[C@](C)(COS(N)(=O)=O)Cc2cccc(Cl)c2)cc1. The van der Waals surface area contributed by atoms with Gasteiger partial charge in [-0.3, -0.25) is 14.4 Å². The number of amides is 3. The van der Waals surface area contributed by atoms with Crippen molar-refractivity contribution in [3.63, 3.8) is 0 Å². The van der Waals surface area contributed by atoms with E-state index in [1.165, 1.54) is 5.01 Å². The molecular formula is C28H38ClN5O5S. The third-order valence-corrected chi connectivity index (χ3v) is 7.35. The van der Waals surface area contributed by atoms with Crippen molar-refractivity contribution >= 4 is 33.8 Å². The number of nitrogens with zero attached hydrogens (tertiary/aromatic N) is 2. The number of hydrazine groups is 1. The zero-order chi connectivity index (χ0) is 29.5. The van der Waals surface area contributed by atoms with Crippen LogP contribution >= 0.6 is 11.6 Å². The fourth-order valence-corrected chi connectivity index (χ4v) is 5.13. The van der Waals surface area contributed by atoms with Crippen molar-refractivity contribution < 1.29 is 22.2 Å². The molecule has 3 atom stereocenters. The molecule has 2 aromatic rings. The van der Waals surface area contributed by atoms with E-state index in [0.29, 0.717) is 24.4 Å². The molecule has 0 spiro atoms. The van der Waals surface area contributed by atoms with Crippen LogP contribution in [-0.4, -0.2) is 55.5 Å². The molecule has 0 radical (unpaired) electrons. The van der Waals surface area contributed by atoms with Crippen molar-refractivity contribution in [2.24, 2.45) is 16.3 Å². The largest absolute Gasteiger partial charge is 0.339 e.